The van der Waals surface area contributed by atoms with Crippen LogP contribution in [-0.4, -0.2) is 19.9 Å². The first-order chi connectivity index (χ1) is 14.5. The van der Waals surface area contributed by atoms with Crippen LogP contribution >= 0.6 is 11.8 Å². The predicted octanol–water partition coefficient (Wildman–Crippen LogP) is 4.27. The molecule has 0 aliphatic carbocycles. The summed E-state index contributed by atoms with van der Waals surface area (Å²) in [6, 6.07) is 12.0. The second kappa shape index (κ2) is 8.58. The number of thioether (sulfide) groups is 1. The van der Waals surface area contributed by atoms with E-state index in [4.69, 9.17) is 15.0 Å². The molecule has 0 saturated carbocycles. The summed E-state index contributed by atoms with van der Waals surface area (Å²) in [5.74, 6) is 8.02. The minimum Gasteiger partial charge on any atom is -0.486 e. The molecule has 0 aliphatic rings. The fourth-order valence-electron chi connectivity index (χ4n) is 2.91. The zero-order valence-electron chi connectivity index (χ0n) is 16.5. The molecule has 2 heterocycles. The third-order valence-corrected chi connectivity index (χ3v) is 5.27. The number of hydrogen-bond acceptors (Lipinski definition) is 7. The van der Waals surface area contributed by atoms with E-state index in [1.807, 2.05) is 26.0 Å². The molecule has 0 saturated heterocycles. The monoisotopic (exact) mass is 425 g/mol. The molecular weight excluding hydrogens is 405 g/mol. The van der Waals surface area contributed by atoms with Crippen molar-refractivity contribution in [3.8, 4) is 17.2 Å². The Hall–Kier alpha value is -3.33. The summed E-state index contributed by atoms with van der Waals surface area (Å²) in [6.07, 6.45) is 1.56. The molecule has 30 heavy (non-hydrogen) atoms. The van der Waals surface area contributed by atoms with Crippen molar-refractivity contribution >= 4 is 11.8 Å². The number of nitrogens with two attached hydrogens (primary N) is 1. The maximum Gasteiger partial charge on any atom is 0.226 e. The number of nitrogen functional groups attached to an aromatic ring is 1. The Morgan fingerprint density at radius 1 is 1.10 bits per heavy atom. The zero-order chi connectivity index (χ0) is 21.1. The van der Waals surface area contributed by atoms with Crippen LogP contribution in [0.15, 0.2) is 58.3 Å². The Morgan fingerprint density at radius 3 is 2.57 bits per heavy atom. The Bertz CT molecular complexity index is 1140. The van der Waals surface area contributed by atoms with Crippen molar-refractivity contribution in [2.75, 3.05) is 5.84 Å². The van der Waals surface area contributed by atoms with Crippen LogP contribution in [0.25, 0.3) is 11.5 Å². The number of ether oxygens (including phenoxy) is 1. The topological polar surface area (TPSA) is 92.0 Å². The molecule has 0 aliphatic heterocycles. The molecule has 2 aromatic carbocycles. The summed E-state index contributed by atoms with van der Waals surface area (Å²) in [7, 11) is 0. The van der Waals surface area contributed by atoms with Crippen LogP contribution in [0.5, 0.6) is 5.75 Å². The molecule has 0 atom stereocenters. The summed E-state index contributed by atoms with van der Waals surface area (Å²) in [4.78, 5) is 4.42. The second-order valence-corrected chi connectivity index (χ2v) is 7.76. The van der Waals surface area contributed by atoms with Crippen LogP contribution in [-0.2, 0) is 12.4 Å². The molecular formula is C21H20FN5O2S. The first kappa shape index (κ1) is 20.0. The van der Waals surface area contributed by atoms with E-state index in [1.165, 1.54) is 28.6 Å². The molecule has 2 N–H and O–H groups in total. The van der Waals surface area contributed by atoms with Crippen LogP contribution in [0.1, 0.15) is 22.6 Å². The highest BCUT2D eigenvalue weighted by molar-refractivity contribution is 7.98. The van der Waals surface area contributed by atoms with Crippen molar-refractivity contribution in [1.29, 1.82) is 0 Å². The molecule has 2 aromatic heterocycles. The smallest absolute Gasteiger partial charge is 0.226 e. The SMILES string of the molecule is Cc1cc(C)cc(OCc2nnc(SCc3coc(-c4ccc(F)cc4)n3)n2N)c1. The van der Waals surface area contributed by atoms with Crippen LogP contribution in [0.4, 0.5) is 4.39 Å². The van der Waals surface area contributed by atoms with Crippen molar-refractivity contribution in [1.82, 2.24) is 19.9 Å². The van der Waals surface area contributed by atoms with Gasteiger partial charge in [0.2, 0.25) is 11.0 Å². The van der Waals surface area contributed by atoms with Crippen molar-refractivity contribution in [3.63, 3.8) is 0 Å². The van der Waals surface area contributed by atoms with Gasteiger partial charge in [0.1, 0.15) is 24.4 Å². The highest BCUT2D eigenvalue weighted by atomic mass is 32.2. The van der Waals surface area contributed by atoms with E-state index in [0.717, 1.165) is 22.6 Å². The molecule has 0 bridgehead atoms. The standard InChI is InChI=1S/C21H20FN5O2S/c1-13-7-14(2)9-18(8-13)28-11-19-25-26-21(27(19)23)30-12-17-10-29-20(24-17)15-3-5-16(22)6-4-15/h3-10H,11-12,23H2,1-2H3. The zero-order valence-corrected chi connectivity index (χ0v) is 17.3. The van der Waals surface area contributed by atoms with Gasteiger partial charge in [-0.15, -0.1) is 10.2 Å². The Morgan fingerprint density at radius 2 is 1.83 bits per heavy atom. The number of hydrogen-bond donors (Lipinski definition) is 1. The van der Waals surface area contributed by atoms with Gasteiger partial charge in [-0.1, -0.05) is 17.8 Å². The van der Waals surface area contributed by atoms with Crippen LogP contribution in [0.2, 0.25) is 0 Å². The van der Waals surface area contributed by atoms with Crippen molar-refractivity contribution in [3.05, 3.63) is 77.2 Å². The van der Waals surface area contributed by atoms with E-state index in [2.05, 4.69) is 21.2 Å². The van der Waals surface area contributed by atoms with E-state index in [1.54, 1.807) is 18.4 Å². The van der Waals surface area contributed by atoms with Gasteiger partial charge in [0.25, 0.3) is 0 Å². The third kappa shape index (κ3) is 4.62. The van der Waals surface area contributed by atoms with Crippen LogP contribution < -0.4 is 10.6 Å². The molecule has 0 unspecified atom stereocenters. The van der Waals surface area contributed by atoms with E-state index in [-0.39, 0.29) is 12.4 Å². The van der Waals surface area contributed by atoms with E-state index < -0.39 is 0 Å². The molecule has 4 rings (SSSR count). The van der Waals surface area contributed by atoms with Gasteiger partial charge in [-0.2, -0.15) is 0 Å². The van der Waals surface area contributed by atoms with Gasteiger partial charge in [0.05, 0.1) is 5.69 Å². The number of aromatic nitrogens is 4. The molecule has 0 amide bonds. The number of oxazole rings is 1. The number of aryl methyl sites for hydroxylation is 2. The molecule has 9 heteroatoms. The minimum absolute atomic E-state index is 0.214. The van der Waals surface area contributed by atoms with Crippen molar-refractivity contribution in [2.45, 2.75) is 31.4 Å². The normalized spacial score (nSPS) is 11.0. The first-order valence-corrected chi connectivity index (χ1v) is 10.2. The molecule has 7 nitrogen and oxygen atoms in total. The predicted molar refractivity (Wildman–Crippen MR) is 112 cm³/mol. The lowest BCUT2D eigenvalue weighted by atomic mass is 10.1. The number of nitrogens with zero attached hydrogens (tertiary/aromatic N) is 4. The van der Waals surface area contributed by atoms with Gasteiger partial charge in [-0.05, 0) is 61.4 Å². The maximum absolute atomic E-state index is 13.1. The summed E-state index contributed by atoms with van der Waals surface area (Å²) >= 11 is 1.38. The van der Waals surface area contributed by atoms with Crippen LogP contribution in [0, 0.1) is 19.7 Å². The summed E-state index contributed by atoms with van der Waals surface area (Å²) in [6.45, 7) is 4.25. The Balaban J connectivity index is 1.37. The molecule has 0 spiro atoms. The van der Waals surface area contributed by atoms with Gasteiger partial charge in [0.15, 0.2) is 5.82 Å². The highest BCUT2D eigenvalue weighted by Gasteiger charge is 2.13. The maximum atomic E-state index is 13.1. The lowest BCUT2D eigenvalue weighted by molar-refractivity contribution is 0.291. The molecule has 0 fully saturated rings. The van der Waals surface area contributed by atoms with E-state index in [0.29, 0.717) is 28.2 Å². The van der Waals surface area contributed by atoms with E-state index >= 15 is 0 Å². The van der Waals surface area contributed by atoms with Gasteiger partial charge >= 0.3 is 0 Å². The molecule has 0 radical (unpaired) electrons. The van der Waals surface area contributed by atoms with Crippen molar-refractivity contribution in [2.24, 2.45) is 0 Å². The van der Waals surface area contributed by atoms with Gasteiger partial charge < -0.3 is 15.0 Å². The number of benzene rings is 2. The number of rotatable bonds is 7. The summed E-state index contributed by atoms with van der Waals surface area (Å²) < 4.78 is 25.7. The first-order valence-electron chi connectivity index (χ1n) is 9.21. The lowest BCUT2D eigenvalue weighted by Crippen LogP contribution is -2.15. The second-order valence-electron chi connectivity index (χ2n) is 6.82. The summed E-state index contributed by atoms with van der Waals surface area (Å²) in [5.41, 5.74) is 3.68. The summed E-state index contributed by atoms with van der Waals surface area (Å²) in [5, 5.41) is 8.78. The molecule has 4 aromatic rings. The largest absolute Gasteiger partial charge is 0.486 e. The quantitative estimate of drug-likeness (QED) is 0.349. The fraction of sp³-hybridized carbons (Fsp3) is 0.190. The Kier molecular flexibility index (Phi) is 5.71. The minimum atomic E-state index is -0.305. The van der Waals surface area contributed by atoms with Gasteiger partial charge in [0, 0.05) is 11.3 Å². The van der Waals surface area contributed by atoms with Gasteiger partial charge in [-0.3, -0.25) is 0 Å². The van der Waals surface area contributed by atoms with Crippen molar-refractivity contribution < 1.29 is 13.5 Å². The van der Waals surface area contributed by atoms with Gasteiger partial charge in [-0.25, -0.2) is 14.1 Å². The van der Waals surface area contributed by atoms with Crippen LogP contribution in [0.3, 0.4) is 0 Å². The lowest BCUT2D eigenvalue weighted by Gasteiger charge is -2.08. The third-order valence-electron chi connectivity index (χ3n) is 4.29. The Labute approximate surface area is 177 Å². The fourth-order valence-corrected chi connectivity index (χ4v) is 3.66. The number of halogens is 1. The highest BCUT2D eigenvalue weighted by Crippen LogP contribution is 2.24. The average molecular weight is 425 g/mol. The van der Waals surface area contributed by atoms with E-state index in [9.17, 15) is 4.39 Å². The average Bonchev–Trinajstić information content (AvgIpc) is 3.31. The molecule has 154 valence electrons.